The summed E-state index contributed by atoms with van der Waals surface area (Å²) in [7, 11) is 0. The number of halogens is 2. The molecule has 1 nitrogen and oxygen atoms in total. The van der Waals surface area contributed by atoms with Crippen LogP contribution in [0, 0.1) is 5.92 Å². The minimum atomic E-state index is -1.41. The second-order valence-electron chi connectivity index (χ2n) is 11.2. The van der Waals surface area contributed by atoms with E-state index in [1.165, 1.54) is 83.5 Å². The molecule has 1 unspecified atom stereocenters. The molecule has 1 aliphatic rings. The molecular weight excluding hydrogens is 497 g/mol. The summed E-state index contributed by atoms with van der Waals surface area (Å²) in [5, 5.41) is 0. The maximum Gasteiger partial charge on any atom is -0.147 e. The van der Waals surface area contributed by atoms with E-state index in [2.05, 4.69) is 65.4 Å². The van der Waals surface area contributed by atoms with Gasteiger partial charge in [0.15, 0.2) is 0 Å². The van der Waals surface area contributed by atoms with E-state index in [1.807, 2.05) is 20.6 Å². The Bertz CT molecular complexity index is 581. The number of unbranched alkanes of at least 4 members (excludes halogenated alkanes) is 8. The molecule has 33 heavy (non-hydrogen) atoms. The van der Waals surface area contributed by atoms with Crippen LogP contribution in [0.3, 0.4) is 0 Å². The van der Waals surface area contributed by atoms with Crippen molar-refractivity contribution in [3.63, 3.8) is 0 Å². The van der Waals surface area contributed by atoms with Crippen LogP contribution in [-0.2, 0) is 17.4 Å². The monoisotopic (exact) mass is 554 g/mol. The zero-order valence-electron chi connectivity index (χ0n) is 23.7. The van der Waals surface area contributed by atoms with Gasteiger partial charge in [0.05, 0.1) is 0 Å². The second-order valence-corrected chi connectivity index (χ2v) is 23.9. The summed E-state index contributed by atoms with van der Waals surface area (Å²) in [6, 6.07) is 0. The molecule has 0 spiro atoms. The third kappa shape index (κ3) is 12.7. The summed E-state index contributed by atoms with van der Waals surface area (Å²) >= 11 is -1.41. The van der Waals surface area contributed by atoms with E-state index in [0.29, 0.717) is 0 Å². The van der Waals surface area contributed by atoms with Crippen molar-refractivity contribution in [3.8, 4) is 0 Å². The smallest absolute Gasteiger partial charge is 0.147 e. The van der Waals surface area contributed by atoms with Gasteiger partial charge >= 0.3 is 205 Å². The normalized spacial score (nSPS) is 16.4. The fourth-order valence-corrected chi connectivity index (χ4v) is 17.5. The molecule has 197 valence electrons. The van der Waals surface area contributed by atoms with Crippen LogP contribution in [0.4, 0.5) is 0 Å². The predicted octanol–water partition coefficient (Wildman–Crippen LogP) is 10.1. The standard InChI is InChI=1S/C22H39.C4H10N.C2H7Si.2ClH.Ti/c1-5-8-10-12-13-15-16-21-19(4)18-20(7-3)22(21)17-14-11-9-6-2;1-4(2,3)5;1-3-2;;;/h19H,5-17H2,1-4H3;5H,1-3H3;3H,1-2H3;2*1H;/q;-1;;;;+1. The largest absolute Gasteiger partial charge is 0.147 e. The first kappa shape index (κ1) is 36.1. The molecule has 0 saturated heterocycles. The van der Waals surface area contributed by atoms with Gasteiger partial charge in [0.2, 0.25) is 0 Å². The molecule has 0 aromatic rings. The van der Waals surface area contributed by atoms with Crippen LogP contribution in [0.15, 0.2) is 20.6 Å². The number of hydrogen-bond acceptors (Lipinski definition) is 1. The first-order valence-electron chi connectivity index (χ1n) is 13.8. The molecule has 1 rings (SSSR count). The van der Waals surface area contributed by atoms with Crippen LogP contribution in [0.25, 0.3) is 0 Å². The molecule has 0 aliphatic heterocycles. The summed E-state index contributed by atoms with van der Waals surface area (Å²) in [6.45, 7) is 21.4. The quantitative estimate of drug-likeness (QED) is 0.148. The molecule has 0 bridgehead atoms. The molecular formula is C28H58Cl2NSiTi. The van der Waals surface area contributed by atoms with Crippen LogP contribution >= 0.6 is 24.8 Å². The summed E-state index contributed by atoms with van der Waals surface area (Å²) in [5.74, 6) is 0.728. The van der Waals surface area contributed by atoms with Crippen LogP contribution in [0.5, 0.6) is 0 Å². The van der Waals surface area contributed by atoms with Crippen molar-refractivity contribution in [2.24, 2.45) is 5.92 Å². The van der Waals surface area contributed by atoms with Gasteiger partial charge in [-0.15, -0.1) is 24.8 Å². The van der Waals surface area contributed by atoms with Crippen LogP contribution in [-0.4, -0.2) is 12.2 Å². The van der Waals surface area contributed by atoms with E-state index in [-0.39, 0.29) is 30.4 Å². The van der Waals surface area contributed by atoms with Gasteiger partial charge in [-0.2, -0.15) is 0 Å². The average Bonchev–Trinajstić information content (AvgIpc) is 2.96. The average molecular weight is 556 g/mol. The molecule has 0 amide bonds. The Labute approximate surface area is 228 Å². The van der Waals surface area contributed by atoms with Crippen LogP contribution in [0.1, 0.15) is 132 Å². The summed E-state index contributed by atoms with van der Waals surface area (Å²) in [4.78, 5) is 0. The fourth-order valence-electron chi connectivity index (χ4n) is 5.28. The Morgan fingerprint density at radius 2 is 1.24 bits per heavy atom. The fraction of sp³-hybridized carbons (Fsp3) is 0.857. The van der Waals surface area contributed by atoms with Crippen molar-refractivity contribution in [3.05, 3.63) is 20.6 Å². The Hall–Kier alpha value is 0.951. The van der Waals surface area contributed by atoms with Gasteiger partial charge < -0.3 is 0 Å². The van der Waals surface area contributed by atoms with E-state index in [4.69, 9.17) is 0 Å². The van der Waals surface area contributed by atoms with Crippen LogP contribution < -0.4 is 3.80 Å². The maximum atomic E-state index is 4.24. The number of nitrogens with one attached hydrogen (secondary N) is 1. The predicted molar refractivity (Wildman–Crippen MR) is 157 cm³/mol. The van der Waals surface area contributed by atoms with E-state index < -0.39 is 24.0 Å². The molecule has 1 N–H and O–H groups in total. The summed E-state index contributed by atoms with van der Waals surface area (Å²) < 4.78 is 6.21. The van der Waals surface area contributed by atoms with Gasteiger partial charge in [0.1, 0.15) is 0 Å². The molecule has 0 heterocycles. The van der Waals surface area contributed by atoms with E-state index in [9.17, 15) is 0 Å². The zero-order valence-corrected chi connectivity index (χ0v) is 28.0. The summed E-state index contributed by atoms with van der Waals surface area (Å²) in [6.07, 6.45) is 18.0. The van der Waals surface area contributed by atoms with Crippen molar-refractivity contribution in [1.82, 2.24) is 3.80 Å². The Balaban J connectivity index is 0. The van der Waals surface area contributed by atoms with Gasteiger partial charge in [-0.25, -0.2) is 0 Å². The number of hydrogen-bond donors (Lipinski definition) is 1. The van der Waals surface area contributed by atoms with Crippen LogP contribution in [0.2, 0.25) is 13.1 Å². The van der Waals surface area contributed by atoms with E-state index in [0.717, 1.165) is 5.92 Å². The molecule has 1 aliphatic carbocycles. The first-order chi connectivity index (χ1) is 14.7. The molecule has 0 radical (unpaired) electrons. The van der Waals surface area contributed by atoms with Crippen molar-refractivity contribution < 1.29 is 17.4 Å². The number of rotatable bonds is 16. The minimum absolute atomic E-state index is 0. The van der Waals surface area contributed by atoms with Gasteiger partial charge in [-0.3, -0.25) is 0 Å². The molecule has 0 aromatic carbocycles. The SMILES string of the molecule is CCCCCCCCC1=C(CCCCCC)C(CC)=[C]([Ti]([NH]C(C)(C)C)[SiH](C)C)C1C.Cl.Cl. The van der Waals surface area contributed by atoms with Crippen molar-refractivity contribution in [1.29, 1.82) is 0 Å². The van der Waals surface area contributed by atoms with Crippen molar-refractivity contribution >= 4 is 31.5 Å². The summed E-state index contributed by atoms with van der Waals surface area (Å²) in [5.41, 5.74) is 5.79. The maximum absolute atomic E-state index is 4.24. The van der Waals surface area contributed by atoms with Gasteiger partial charge in [-0.05, 0) is 0 Å². The second kappa shape index (κ2) is 19.1. The van der Waals surface area contributed by atoms with Gasteiger partial charge in [0, 0.05) is 0 Å². The third-order valence-electron chi connectivity index (χ3n) is 6.84. The van der Waals surface area contributed by atoms with Crippen molar-refractivity contribution in [2.75, 3.05) is 0 Å². The third-order valence-corrected chi connectivity index (χ3v) is 18.9. The van der Waals surface area contributed by atoms with E-state index >= 15 is 0 Å². The first-order valence-corrected chi connectivity index (χ1v) is 20.9. The van der Waals surface area contributed by atoms with Gasteiger partial charge in [-0.1, -0.05) is 0 Å². The molecule has 0 fully saturated rings. The van der Waals surface area contributed by atoms with E-state index in [1.54, 1.807) is 0 Å². The minimum Gasteiger partial charge on any atom is -0.147 e. The molecule has 0 aromatic heterocycles. The zero-order chi connectivity index (χ0) is 23.4. The molecule has 0 saturated carbocycles. The topological polar surface area (TPSA) is 12.0 Å². The molecule has 5 heteroatoms. The molecule has 1 atom stereocenters. The van der Waals surface area contributed by atoms with Gasteiger partial charge in [0.25, 0.3) is 0 Å². The Kier molecular flexibility index (Phi) is 20.9. The van der Waals surface area contributed by atoms with Crippen molar-refractivity contribution in [2.45, 2.75) is 151 Å². The Morgan fingerprint density at radius 3 is 1.73 bits per heavy atom. The number of allylic oxidation sites excluding steroid dienone is 4. The Morgan fingerprint density at radius 1 is 0.758 bits per heavy atom.